The van der Waals surface area contributed by atoms with Crippen LogP contribution in [0.1, 0.15) is 44.9 Å². The Hall–Kier alpha value is -1.44. The lowest BCUT2D eigenvalue weighted by molar-refractivity contribution is -0.126. The number of carbonyl (C=O) groups is 1. The second-order valence-electron chi connectivity index (χ2n) is 8.74. The van der Waals surface area contributed by atoms with Crippen LogP contribution in [-0.4, -0.2) is 62.3 Å². The number of benzene rings is 1. The predicted octanol–water partition coefficient (Wildman–Crippen LogP) is 2.47. The van der Waals surface area contributed by atoms with Crippen LogP contribution in [0.2, 0.25) is 0 Å². The van der Waals surface area contributed by atoms with Gasteiger partial charge in [-0.2, -0.15) is 4.31 Å². The maximum absolute atomic E-state index is 12.8. The zero-order valence-electron chi connectivity index (χ0n) is 17.1. The summed E-state index contributed by atoms with van der Waals surface area (Å²) in [6, 6.07) is 9.20. The summed E-state index contributed by atoms with van der Waals surface area (Å²) >= 11 is 0. The number of sulfonamides is 1. The lowest BCUT2D eigenvalue weighted by Gasteiger charge is -2.44. The van der Waals surface area contributed by atoms with Crippen molar-refractivity contribution in [1.29, 1.82) is 0 Å². The molecule has 1 amide bonds. The van der Waals surface area contributed by atoms with Gasteiger partial charge in [-0.05, 0) is 69.7 Å². The monoisotopic (exact) mass is 419 g/mol. The summed E-state index contributed by atoms with van der Waals surface area (Å²) in [7, 11) is -3.46. The van der Waals surface area contributed by atoms with Crippen molar-refractivity contribution in [2.45, 2.75) is 55.9 Å². The Bertz CT molecular complexity index is 789. The van der Waals surface area contributed by atoms with E-state index in [9.17, 15) is 13.2 Å². The number of amides is 1. The van der Waals surface area contributed by atoms with Crippen molar-refractivity contribution in [2.75, 3.05) is 32.7 Å². The van der Waals surface area contributed by atoms with Gasteiger partial charge in [-0.1, -0.05) is 24.6 Å². The molecule has 3 saturated heterocycles. The molecule has 1 N–H and O–H groups in total. The predicted molar refractivity (Wildman–Crippen MR) is 113 cm³/mol. The molecule has 0 aromatic heterocycles. The molecule has 0 aliphatic carbocycles. The van der Waals surface area contributed by atoms with E-state index in [0.29, 0.717) is 42.8 Å². The SMILES string of the molecule is O=C(NC[C@@H]1CCCN2CCCC[C@H]12)C1CCN(S(=O)(=O)c2ccccc2)CC1. The van der Waals surface area contributed by atoms with Gasteiger partial charge in [0.15, 0.2) is 0 Å². The molecule has 0 spiro atoms. The second kappa shape index (κ2) is 9.14. The van der Waals surface area contributed by atoms with Crippen LogP contribution >= 0.6 is 0 Å². The molecule has 3 aliphatic rings. The van der Waals surface area contributed by atoms with E-state index < -0.39 is 10.0 Å². The van der Waals surface area contributed by atoms with Gasteiger partial charge < -0.3 is 10.2 Å². The zero-order valence-corrected chi connectivity index (χ0v) is 17.9. The van der Waals surface area contributed by atoms with Gasteiger partial charge >= 0.3 is 0 Å². The van der Waals surface area contributed by atoms with Gasteiger partial charge in [0.25, 0.3) is 0 Å². The number of hydrogen-bond donors (Lipinski definition) is 1. The van der Waals surface area contributed by atoms with E-state index in [1.54, 1.807) is 24.3 Å². The molecule has 1 aromatic carbocycles. The third-order valence-electron chi connectivity index (χ3n) is 6.97. The molecule has 0 saturated carbocycles. The summed E-state index contributed by atoms with van der Waals surface area (Å²) in [5.41, 5.74) is 0. The number of nitrogens with one attached hydrogen (secondary N) is 1. The largest absolute Gasteiger partial charge is 0.356 e. The number of rotatable bonds is 5. The van der Waals surface area contributed by atoms with Crippen LogP contribution in [0.15, 0.2) is 35.2 Å². The first-order valence-corrected chi connectivity index (χ1v) is 12.6. The zero-order chi connectivity index (χ0) is 20.3. The van der Waals surface area contributed by atoms with E-state index >= 15 is 0 Å². The smallest absolute Gasteiger partial charge is 0.243 e. The highest BCUT2D eigenvalue weighted by atomic mass is 32.2. The summed E-state index contributed by atoms with van der Waals surface area (Å²) in [5, 5.41) is 3.21. The van der Waals surface area contributed by atoms with Crippen LogP contribution < -0.4 is 5.32 Å². The number of nitrogens with zero attached hydrogens (tertiary/aromatic N) is 2. The standard InChI is InChI=1S/C22H33N3O3S/c26-22(23-17-19-7-6-14-24-13-5-4-10-21(19)24)18-11-15-25(16-12-18)29(27,28)20-8-2-1-3-9-20/h1-3,8-9,18-19,21H,4-7,10-17H2,(H,23,26)/t19-,21+/m0/s1. The first kappa shape index (κ1) is 20.8. The Morgan fingerprint density at radius 1 is 0.931 bits per heavy atom. The Labute approximate surface area is 174 Å². The summed E-state index contributed by atoms with van der Waals surface area (Å²) in [6.45, 7) is 4.01. The average Bonchev–Trinajstić information content (AvgIpc) is 2.78. The number of piperidine rings is 3. The van der Waals surface area contributed by atoms with Crippen molar-refractivity contribution < 1.29 is 13.2 Å². The molecule has 7 heteroatoms. The molecule has 3 aliphatic heterocycles. The van der Waals surface area contributed by atoms with Gasteiger partial charge in [0.05, 0.1) is 4.90 Å². The fraction of sp³-hybridized carbons (Fsp3) is 0.682. The van der Waals surface area contributed by atoms with Crippen molar-refractivity contribution in [3.05, 3.63) is 30.3 Å². The van der Waals surface area contributed by atoms with Crippen LogP contribution in [0.3, 0.4) is 0 Å². The third-order valence-corrected chi connectivity index (χ3v) is 8.89. The average molecular weight is 420 g/mol. The van der Waals surface area contributed by atoms with E-state index in [0.717, 1.165) is 6.54 Å². The Morgan fingerprint density at radius 2 is 1.66 bits per heavy atom. The van der Waals surface area contributed by atoms with Gasteiger partial charge in [-0.15, -0.1) is 0 Å². The topological polar surface area (TPSA) is 69.7 Å². The van der Waals surface area contributed by atoms with E-state index in [4.69, 9.17) is 0 Å². The molecule has 0 bridgehead atoms. The lowest BCUT2D eigenvalue weighted by atomic mass is 9.83. The van der Waals surface area contributed by atoms with E-state index in [1.165, 1.54) is 49.5 Å². The molecular weight excluding hydrogens is 386 g/mol. The fourth-order valence-corrected chi connectivity index (χ4v) is 6.78. The minimum Gasteiger partial charge on any atom is -0.356 e. The summed E-state index contributed by atoms with van der Waals surface area (Å²) in [6.07, 6.45) is 7.49. The highest BCUT2D eigenvalue weighted by Crippen LogP contribution is 2.30. The van der Waals surface area contributed by atoms with Crippen molar-refractivity contribution in [2.24, 2.45) is 11.8 Å². The maximum Gasteiger partial charge on any atom is 0.243 e. The highest BCUT2D eigenvalue weighted by molar-refractivity contribution is 7.89. The van der Waals surface area contributed by atoms with Gasteiger partial charge in [-0.3, -0.25) is 4.79 Å². The molecule has 2 atom stereocenters. The normalized spacial score (nSPS) is 27.3. The number of hydrogen-bond acceptors (Lipinski definition) is 4. The first-order valence-electron chi connectivity index (χ1n) is 11.1. The van der Waals surface area contributed by atoms with E-state index in [1.807, 2.05) is 6.07 Å². The minimum absolute atomic E-state index is 0.0803. The quantitative estimate of drug-likeness (QED) is 0.796. The van der Waals surface area contributed by atoms with Gasteiger partial charge in [-0.25, -0.2) is 8.42 Å². The molecular formula is C22H33N3O3S. The fourth-order valence-electron chi connectivity index (χ4n) is 5.29. The summed E-state index contributed by atoms with van der Waals surface area (Å²) in [5.74, 6) is 0.588. The lowest BCUT2D eigenvalue weighted by Crippen LogP contribution is -2.51. The van der Waals surface area contributed by atoms with Crippen molar-refractivity contribution in [1.82, 2.24) is 14.5 Å². The van der Waals surface area contributed by atoms with Crippen molar-refractivity contribution in [3.8, 4) is 0 Å². The van der Waals surface area contributed by atoms with Crippen LogP contribution in [-0.2, 0) is 14.8 Å². The van der Waals surface area contributed by atoms with Crippen LogP contribution in [0.25, 0.3) is 0 Å². The molecule has 3 fully saturated rings. The highest BCUT2D eigenvalue weighted by Gasteiger charge is 2.35. The Balaban J connectivity index is 1.27. The molecule has 1 aromatic rings. The van der Waals surface area contributed by atoms with Crippen LogP contribution in [0, 0.1) is 11.8 Å². The van der Waals surface area contributed by atoms with E-state index in [-0.39, 0.29) is 11.8 Å². The van der Waals surface area contributed by atoms with Crippen molar-refractivity contribution in [3.63, 3.8) is 0 Å². The molecule has 0 radical (unpaired) electrons. The van der Waals surface area contributed by atoms with Crippen molar-refractivity contribution >= 4 is 15.9 Å². The number of fused-ring (bicyclic) bond motifs is 1. The van der Waals surface area contributed by atoms with Gasteiger partial charge in [0, 0.05) is 31.6 Å². The van der Waals surface area contributed by atoms with Gasteiger partial charge in [0.1, 0.15) is 0 Å². The number of carbonyl (C=O) groups excluding carboxylic acids is 1. The van der Waals surface area contributed by atoms with Gasteiger partial charge in [0.2, 0.25) is 15.9 Å². The first-order chi connectivity index (χ1) is 14.1. The van der Waals surface area contributed by atoms with Crippen LogP contribution in [0.5, 0.6) is 0 Å². The molecule has 29 heavy (non-hydrogen) atoms. The molecule has 0 unspecified atom stereocenters. The Kier molecular flexibility index (Phi) is 6.56. The molecule has 160 valence electrons. The van der Waals surface area contributed by atoms with E-state index in [2.05, 4.69) is 10.2 Å². The maximum atomic E-state index is 12.8. The molecule has 6 nitrogen and oxygen atoms in total. The Morgan fingerprint density at radius 3 is 2.41 bits per heavy atom. The molecule has 4 rings (SSSR count). The summed E-state index contributed by atoms with van der Waals surface area (Å²) < 4.78 is 27.0. The third kappa shape index (κ3) is 4.67. The second-order valence-corrected chi connectivity index (χ2v) is 10.7. The molecule has 3 heterocycles. The minimum atomic E-state index is -3.46. The van der Waals surface area contributed by atoms with Crippen LogP contribution in [0.4, 0.5) is 0 Å². The summed E-state index contributed by atoms with van der Waals surface area (Å²) in [4.78, 5) is 15.7.